The highest BCUT2D eigenvalue weighted by Crippen LogP contribution is 2.38. The van der Waals surface area contributed by atoms with Crippen molar-refractivity contribution in [2.45, 2.75) is 45.0 Å². The van der Waals surface area contributed by atoms with E-state index in [1.807, 2.05) is 6.92 Å². The van der Waals surface area contributed by atoms with E-state index >= 15 is 0 Å². The first-order valence-corrected chi connectivity index (χ1v) is 13.0. The molecule has 0 aromatic heterocycles. The highest BCUT2D eigenvalue weighted by molar-refractivity contribution is 5.37. The molecule has 4 aromatic rings. The fourth-order valence-electron chi connectivity index (χ4n) is 4.03. The van der Waals surface area contributed by atoms with Crippen molar-refractivity contribution in [1.82, 2.24) is 0 Å². The van der Waals surface area contributed by atoms with Crippen LogP contribution in [0.25, 0.3) is 0 Å². The zero-order valence-corrected chi connectivity index (χ0v) is 22.7. The van der Waals surface area contributed by atoms with Crippen LogP contribution < -0.4 is 14.2 Å². The topological polar surface area (TPSA) is 27.7 Å². The first kappa shape index (κ1) is 32.5. The Labute approximate surface area is 244 Å². The molecule has 0 heterocycles. The minimum atomic E-state index is -4.55. The minimum absolute atomic E-state index is 0.265. The number of hydrogen-bond donors (Lipinski definition) is 0. The van der Waals surface area contributed by atoms with Gasteiger partial charge < -0.3 is 14.2 Å². The van der Waals surface area contributed by atoms with Crippen molar-refractivity contribution in [3.05, 3.63) is 124 Å². The summed E-state index contributed by atoms with van der Waals surface area (Å²) in [6.07, 6.45) is -6.03. The van der Waals surface area contributed by atoms with Crippen molar-refractivity contribution in [3.63, 3.8) is 0 Å². The second-order valence-corrected chi connectivity index (χ2v) is 9.56. The van der Waals surface area contributed by atoms with Gasteiger partial charge in [-0.3, -0.25) is 0 Å². The number of alkyl halides is 4. The van der Waals surface area contributed by atoms with Crippen molar-refractivity contribution in [2.75, 3.05) is 0 Å². The summed E-state index contributed by atoms with van der Waals surface area (Å²) in [6, 6.07) is 8.12. The third-order valence-corrected chi connectivity index (χ3v) is 6.25. The molecule has 13 heteroatoms. The van der Waals surface area contributed by atoms with Crippen LogP contribution in [0, 0.1) is 34.9 Å². The Morgan fingerprint density at radius 3 is 1.73 bits per heavy atom. The standard InChI is InChI=1S/C31H22F10O3/c1-2-3-4-17-5-7-19(8-6-17)30(38,39)43-20-9-10-22(23(32)13-20)31(40,41)44-21-14-26(35)29(27(36)15-21)42-16-18-11-24(33)28(37)25(34)12-18/h5-15H,2-4,16H2,1H3. The molecule has 0 unspecified atom stereocenters. The van der Waals surface area contributed by atoms with Gasteiger partial charge in [0.15, 0.2) is 34.8 Å². The molecular weight excluding hydrogens is 610 g/mol. The monoisotopic (exact) mass is 632 g/mol. The lowest BCUT2D eigenvalue weighted by molar-refractivity contribution is -0.188. The van der Waals surface area contributed by atoms with Gasteiger partial charge in [0, 0.05) is 18.2 Å². The van der Waals surface area contributed by atoms with Gasteiger partial charge in [-0.15, -0.1) is 0 Å². The van der Waals surface area contributed by atoms with E-state index in [0.717, 1.165) is 30.5 Å². The zero-order chi connectivity index (χ0) is 32.2. The molecule has 0 saturated carbocycles. The van der Waals surface area contributed by atoms with Crippen LogP contribution in [0.15, 0.2) is 66.7 Å². The second-order valence-electron chi connectivity index (χ2n) is 9.56. The number of aryl methyl sites for hydroxylation is 1. The number of hydrogen-bond acceptors (Lipinski definition) is 3. The number of unbranched alkanes of at least 4 members (excludes halogenated alkanes) is 1. The van der Waals surface area contributed by atoms with Gasteiger partial charge in [-0.2, -0.15) is 17.6 Å². The van der Waals surface area contributed by atoms with Gasteiger partial charge >= 0.3 is 12.2 Å². The van der Waals surface area contributed by atoms with Crippen molar-refractivity contribution >= 4 is 0 Å². The summed E-state index contributed by atoms with van der Waals surface area (Å²) in [7, 11) is 0. The molecule has 0 aliphatic carbocycles. The van der Waals surface area contributed by atoms with Crippen molar-refractivity contribution in [3.8, 4) is 17.2 Å². The molecule has 0 aliphatic heterocycles. The third kappa shape index (κ3) is 7.56. The summed E-state index contributed by atoms with van der Waals surface area (Å²) < 4.78 is 156. The zero-order valence-electron chi connectivity index (χ0n) is 22.7. The van der Waals surface area contributed by atoms with E-state index in [1.165, 1.54) is 12.1 Å². The summed E-state index contributed by atoms with van der Waals surface area (Å²) in [5, 5.41) is 0. The average molecular weight is 632 g/mol. The maximum Gasteiger partial charge on any atom is 0.429 e. The summed E-state index contributed by atoms with van der Waals surface area (Å²) >= 11 is 0. The van der Waals surface area contributed by atoms with Crippen LogP contribution in [0.4, 0.5) is 43.9 Å². The molecule has 0 bridgehead atoms. The van der Waals surface area contributed by atoms with Gasteiger partial charge in [0.05, 0.1) is 5.56 Å². The van der Waals surface area contributed by atoms with E-state index in [1.54, 1.807) is 0 Å². The Kier molecular flexibility index (Phi) is 9.65. The molecule has 234 valence electrons. The molecule has 0 radical (unpaired) electrons. The number of benzene rings is 4. The van der Waals surface area contributed by atoms with Crippen molar-refractivity contribution in [2.24, 2.45) is 0 Å². The average Bonchev–Trinajstić information content (AvgIpc) is 2.94. The second kappa shape index (κ2) is 13.1. The van der Waals surface area contributed by atoms with E-state index in [2.05, 4.69) is 9.47 Å². The highest BCUT2D eigenvalue weighted by atomic mass is 19.3. The molecule has 0 N–H and O–H groups in total. The molecule has 44 heavy (non-hydrogen) atoms. The van der Waals surface area contributed by atoms with Crippen LogP contribution in [-0.2, 0) is 25.2 Å². The lowest BCUT2D eigenvalue weighted by atomic mass is 10.1. The van der Waals surface area contributed by atoms with Gasteiger partial charge in [-0.1, -0.05) is 25.5 Å². The predicted molar refractivity (Wildman–Crippen MR) is 138 cm³/mol. The van der Waals surface area contributed by atoms with E-state index < -0.39 is 82.1 Å². The molecule has 0 fully saturated rings. The Bertz CT molecular complexity index is 1580. The van der Waals surface area contributed by atoms with E-state index in [-0.39, 0.29) is 23.8 Å². The summed E-state index contributed by atoms with van der Waals surface area (Å²) in [6.45, 7) is 1.15. The predicted octanol–water partition coefficient (Wildman–Crippen LogP) is 9.70. The molecule has 0 saturated heterocycles. The largest absolute Gasteiger partial charge is 0.483 e. The summed E-state index contributed by atoms with van der Waals surface area (Å²) in [5.41, 5.74) is -1.53. The van der Waals surface area contributed by atoms with Crippen LogP contribution >= 0.6 is 0 Å². The van der Waals surface area contributed by atoms with Crippen LogP contribution in [0.5, 0.6) is 17.2 Å². The Hall–Kier alpha value is -4.42. The van der Waals surface area contributed by atoms with E-state index in [9.17, 15) is 43.9 Å². The van der Waals surface area contributed by atoms with Crippen LogP contribution in [0.1, 0.15) is 42.0 Å². The normalized spacial score (nSPS) is 11.9. The third-order valence-electron chi connectivity index (χ3n) is 6.25. The number of ether oxygens (including phenoxy) is 3. The molecule has 4 aromatic carbocycles. The van der Waals surface area contributed by atoms with Crippen molar-refractivity contribution in [1.29, 1.82) is 0 Å². The lowest BCUT2D eigenvalue weighted by Gasteiger charge is -2.21. The molecular formula is C31H22F10O3. The SMILES string of the molecule is CCCCc1ccc(C(F)(F)Oc2ccc(C(F)(F)Oc3cc(F)c(OCc4cc(F)c(F)c(F)c4)c(F)c3)c(F)c2)cc1. The Morgan fingerprint density at radius 2 is 1.16 bits per heavy atom. The maximum absolute atomic E-state index is 14.8. The van der Waals surface area contributed by atoms with E-state index in [4.69, 9.17) is 4.74 Å². The van der Waals surface area contributed by atoms with Gasteiger partial charge in [0.1, 0.15) is 29.5 Å². The summed E-state index contributed by atoms with van der Waals surface area (Å²) in [4.78, 5) is 0. The van der Waals surface area contributed by atoms with Gasteiger partial charge in [-0.25, -0.2) is 26.3 Å². The lowest BCUT2D eigenvalue weighted by Crippen LogP contribution is -2.24. The highest BCUT2D eigenvalue weighted by Gasteiger charge is 2.40. The number of halogens is 10. The maximum atomic E-state index is 14.8. The molecule has 0 aliphatic rings. The Morgan fingerprint density at radius 1 is 0.591 bits per heavy atom. The molecule has 3 nitrogen and oxygen atoms in total. The quantitative estimate of drug-likeness (QED) is 0.115. The molecule has 0 atom stereocenters. The van der Waals surface area contributed by atoms with Gasteiger partial charge in [0.25, 0.3) is 0 Å². The van der Waals surface area contributed by atoms with Gasteiger partial charge in [-0.05, 0) is 60.4 Å². The fraction of sp³-hybridized carbons (Fsp3) is 0.226. The minimum Gasteiger partial charge on any atom is -0.483 e. The first-order valence-electron chi connectivity index (χ1n) is 13.0. The van der Waals surface area contributed by atoms with Gasteiger partial charge in [0.2, 0.25) is 0 Å². The van der Waals surface area contributed by atoms with Crippen LogP contribution in [0.3, 0.4) is 0 Å². The molecule has 4 rings (SSSR count). The first-order chi connectivity index (χ1) is 20.7. The van der Waals surface area contributed by atoms with E-state index in [0.29, 0.717) is 30.7 Å². The van der Waals surface area contributed by atoms with Crippen LogP contribution in [-0.4, -0.2) is 0 Å². The molecule has 0 spiro atoms. The van der Waals surface area contributed by atoms with Crippen molar-refractivity contribution < 1.29 is 58.1 Å². The van der Waals surface area contributed by atoms with Crippen LogP contribution in [0.2, 0.25) is 0 Å². The number of rotatable bonds is 12. The summed E-state index contributed by atoms with van der Waals surface area (Å²) in [5.74, 6) is -12.9. The molecule has 0 amide bonds. The Balaban J connectivity index is 1.45. The smallest absolute Gasteiger partial charge is 0.429 e. The fourth-order valence-corrected chi connectivity index (χ4v) is 4.03.